The lowest BCUT2D eigenvalue weighted by Crippen LogP contribution is -2.20. The van der Waals surface area contributed by atoms with Gasteiger partial charge in [0.2, 0.25) is 0 Å². The van der Waals surface area contributed by atoms with Gasteiger partial charge in [0.25, 0.3) is 0 Å². The van der Waals surface area contributed by atoms with E-state index in [0.717, 1.165) is 5.56 Å². The summed E-state index contributed by atoms with van der Waals surface area (Å²) >= 11 is 7.63. The Balaban J connectivity index is 2.61. The number of carbonyl (C=O) groups excluding carboxylic acids is 1. The normalized spacial score (nSPS) is 12.2. The Hall–Kier alpha value is -0.670. The summed E-state index contributed by atoms with van der Waals surface area (Å²) in [5.41, 5.74) is 1.06. The highest BCUT2D eigenvalue weighted by molar-refractivity contribution is 7.98. The third-order valence-corrected chi connectivity index (χ3v) is 3.15. The Labute approximate surface area is 105 Å². The molecule has 1 unspecified atom stereocenters. The summed E-state index contributed by atoms with van der Waals surface area (Å²) in [6.07, 6.45) is 2.53. The topological polar surface area (TPSA) is 26.3 Å². The first kappa shape index (κ1) is 13.4. The summed E-state index contributed by atoms with van der Waals surface area (Å²) in [5.74, 6) is -0.348. The smallest absolute Gasteiger partial charge is 0.324 e. The van der Waals surface area contributed by atoms with Crippen LogP contribution in [-0.4, -0.2) is 24.2 Å². The fourth-order valence-corrected chi connectivity index (χ4v) is 2.05. The molecular formula is C12H15ClO2S. The second kappa shape index (κ2) is 6.81. The Morgan fingerprint density at radius 1 is 1.56 bits per heavy atom. The molecule has 16 heavy (non-hydrogen) atoms. The van der Waals surface area contributed by atoms with Gasteiger partial charge in [0.05, 0.1) is 6.61 Å². The van der Waals surface area contributed by atoms with E-state index in [1.165, 1.54) is 4.90 Å². The number of ether oxygens (including phenoxy) is 1. The molecule has 0 fully saturated rings. The number of benzene rings is 1. The molecule has 1 atom stereocenters. The highest BCUT2D eigenvalue weighted by Gasteiger charge is 2.16. The Kier molecular flexibility index (Phi) is 5.71. The number of esters is 1. The Morgan fingerprint density at radius 2 is 2.31 bits per heavy atom. The molecule has 0 N–H and O–H groups in total. The van der Waals surface area contributed by atoms with Gasteiger partial charge in [0.15, 0.2) is 0 Å². The standard InChI is InChI=1S/C12H15ClO2S/c1-3-15-12(14)11(13)8-9-5-4-6-10(7-9)16-2/h4-7,11H,3,8H2,1-2H3. The molecule has 0 radical (unpaired) electrons. The molecule has 0 saturated carbocycles. The summed E-state index contributed by atoms with van der Waals surface area (Å²) in [7, 11) is 0. The van der Waals surface area contributed by atoms with E-state index in [1.54, 1.807) is 18.7 Å². The summed E-state index contributed by atoms with van der Waals surface area (Å²) in [6, 6.07) is 8.01. The van der Waals surface area contributed by atoms with E-state index in [2.05, 4.69) is 0 Å². The third-order valence-electron chi connectivity index (χ3n) is 2.09. The summed E-state index contributed by atoms with van der Waals surface area (Å²) in [6.45, 7) is 2.14. The highest BCUT2D eigenvalue weighted by atomic mass is 35.5. The maximum Gasteiger partial charge on any atom is 0.324 e. The van der Waals surface area contributed by atoms with E-state index >= 15 is 0 Å². The van der Waals surface area contributed by atoms with Crippen LogP contribution in [0, 0.1) is 0 Å². The first-order valence-electron chi connectivity index (χ1n) is 5.11. The van der Waals surface area contributed by atoms with Crippen molar-refractivity contribution >= 4 is 29.3 Å². The summed E-state index contributed by atoms with van der Waals surface area (Å²) in [5, 5.41) is -0.600. The lowest BCUT2D eigenvalue weighted by Gasteiger charge is -2.09. The summed E-state index contributed by atoms with van der Waals surface area (Å²) < 4.78 is 4.86. The van der Waals surface area contributed by atoms with Gasteiger partial charge in [-0.25, -0.2) is 0 Å². The molecule has 1 rings (SSSR count). The van der Waals surface area contributed by atoms with E-state index in [9.17, 15) is 4.79 Å². The zero-order valence-electron chi connectivity index (χ0n) is 9.40. The summed E-state index contributed by atoms with van der Waals surface area (Å²) in [4.78, 5) is 12.5. The van der Waals surface area contributed by atoms with Crippen LogP contribution in [0.25, 0.3) is 0 Å². The van der Waals surface area contributed by atoms with Gasteiger partial charge >= 0.3 is 5.97 Å². The van der Waals surface area contributed by atoms with Crippen molar-refractivity contribution < 1.29 is 9.53 Å². The van der Waals surface area contributed by atoms with E-state index < -0.39 is 5.38 Å². The van der Waals surface area contributed by atoms with Crippen molar-refractivity contribution in [3.63, 3.8) is 0 Å². The van der Waals surface area contributed by atoms with Crippen molar-refractivity contribution in [2.45, 2.75) is 23.6 Å². The van der Waals surface area contributed by atoms with Gasteiger partial charge < -0.3 is 4.74 Å². The zero-order valence-corrected chi connectivity index (χ0v) is 11.0. The first-order chi connectivity index (χ1) is 7.67. The number of hydrogen-bond acceptors (Lipinski definition) is 3. The van der Waals surface area contributed by atoms with Gasteiger partial charge in [-0.2, -0.15) is 0 Å². The minimum absolute atomic E-state index is 0.348. The van der Waals surface area contributed by atoms with E-state index in [0.29, 0.717) is 13.0 Å². The first-order valence-corrected chi connectivity index (χ1v) is 6.77. The van der Waals surface area contributed by atoms with Crippen molar-refractivity contribution in [3.05, 3.63) is 29.8 Å². The van der Waals surface area contributed by atoms with Crippen LogP contribution in [0.1, 0.15) is 12.5 Å². The molecule has 0 aliphatic heterocycles. The molecule has 0 amide bonds. The molecule has 1 aromatic carbocycles. The molecule has 0 bridgehead atoms. The Morgan fingerprint density at radius 3 is 2.94 bits per heavy atom. The van der Waals surface area contributed by atoms with E-state index in [4.69, 9.17) is 16.3 Å². The highest BCUT2D eigenvalue weighted by Crippen LogP contribution is 2.18. The monoisotopic (exact) mass is 258 g/mol. The van der Waals surface area contributed by atoms with Crippen LogP contribution in [0.2, 0.25) is 0 Å². The lowest BCUT2D eigenvalue weighted by molar-refractivity contribution is -0.142. The number of alkyl halides is 1. The molecule has 88 valence electrons. The van der Waals surface area contributed by atoms with E-state index in [1.807, 2.05) is 30.5 Å². The van der Waals surface area contributed by atoms with Crippen molar-refractivity contribution in [2.24, 2.45) is 0 Å². The quantitative estimate of drug-likeness (QED) is 0.461. The molecule has 1 aromatic rings. The zero-order chi connectivity index (χ0) is 12.0. The number of thioether (sulfide) groups is 1. The number of hydrogen-bond donors (Lipinski definition) is 0. The fraction of sp³-hybridized carbons (Fsp3) is 0.417. The molecule has 0 aliphatic rings. The average Bonchev–Trinajstić information content (AvgIpc) is 2.29. The molecule has 0 heterocycles. The number of carbonyl (C=O) groups is 1. The largest absolute Gasteiger partial charge is 0.465 e. The van der Waals surface area contributed by atoms with Crippen LogP contribution in [0.5, 0.6) is 0 Å². The Bertz CT molecular complexity index is 355. The molecule has 0 aromatic heterocycles. The van der Waals surface area contributed by atoms with Crippen molar-refractivity contribution in [1.29, 1.82) is 0 Å². The van der Waals surface area contributed by atoms with Crippen LogP contribution in [0.15, 0.2) is 29.2 Å². The van der Waals surface area contributed by atoms with Crippen molar-refractivity contribution in [1.82, 2.24) is 0 Å². The second-order valence-electron chi connectivity index (χ2n) is 3.28. The predicted molar refractivity (Wildman–Crippen MR) is 68.2 cm³/mol. The lowest BCUT2D eigenvalue weighted by atomic mass is 10.1. The minimum atomic E-state index is -0.600. The average molecular weight is 259 g/mol. The molecule has 0 spiro atoms. The van der Waals surface area contributed by atoms with Crippen molar-refractivity contribution in [2.75, 3.05) is 12.9 Å². The fourth-order valence-electron chi connectivity index (χ4n) is 1.32. The SMILES string of the molecule is CCOC(=O)C(Cl)Cc1cccc(SC)c1. The number of rotatable bonds is 5. The second-order valence-corrected chi connectivity index (χ2v) is 4.68. The van der Waals surface area contributed by atoms with E-state index in [-0.39, 0.29) is 5.97 Å². The molecule has 0 saturated heterocycles. The van der Waals surface area contributed by atoms with Crippen LogP contribution >= 0.6 is 23.4 Å². The van der Waals surface area contributed by atoms with Crippen LogP contribution in [-0.2, 0) is 16.0 Å². The van der Waals surface area contributed by atoms with Gasteiger partial charge in [-0.15, -0.1) is 23.4 Å². The number of halogens is 1. The van der Waals surface area contributed by atoms with Crippen LogP contribution in [0.4, 0.5) is 0 Å². The molecule has 0 aliphatic carbocycles. The maximum absolute atomic E-state index is 11.3. The van der Waals surface area contributed by atoms with Gasteiger partial charge in [0.1, 0.15) is 5.38 Å². The maximum atomic E-state index is 11.3. The van der Waals surface area contributed by atoms with Crippen LogP contribution in [0.3, 0.4) is 0 Å². The molecular weight excluding hydrogens is 244 g/mol. The minimum Gasteiger partial charge on any atom is -0.465 e. The van der Waals surface area contributed by atoms with Crippen molar-refractivity contribution in [3.8, 4) is 0 Å². The van der Waals surface area contributed by atoms with Gasteiger partial charge in [-0.3, -0.25) is 4.79 Å². The van der Waals surface area contributed by atoms with Gasteiger partial charge in [-0.1, -0.05) is 12.1 Å². The van der Waals surface area contributed by atoms with Crippen LogP contribution < -0.4 is 0 Å². The molecule has 2 nitrogen and oxygen atoms in total. The van der Waals surface area contributed by atoms with Gasteiger partial charge in [-0.05, 0) is 37.3 Å². The predicted octanol–water partition coefficient (Wildman–Crippen LogP) is 3.12. The third kappa shape index (κ3) is 4.06. The van der Waals surface area contributed by atoms with Gasteiger partial charge in [0, 0.05) is 4.90 Å². The molecule has 4 heteroatoms.